The average Bonchev–Trinajstić information content (AvgIpc) is 3.16. The van der Waals surface area contributed by atoms with E-state index in [0.717, 1.165) is 38.4 Å². The summed E-state index contributed by atoms with van der Waals surface area (Å²) in [6.45, 7) is 12.7. The van der Waals surface area contributed by atoms with Crippen molar-refractivity contribution < 1.29 is 4.74 Å². The number of aryl methyl sites for hydroxylation is 1. The highest BCUT2D eigenvalue weighted by Crippen LogP contribution is 2.26. The molecule has 1 saturated heterocycles. The van der Waals surface area contributed by atoms with E-state index in [-0.39, 0.29) is 0 Å². The summed E-state index contributed by atoms with van der Waals surface area (Å²) < 4.78 is 8.16. The molecule has 136 valence electrons. The molecule has 25 heavy (non-hydrogen) atoms. The molecule has 0 N–H and O–H groups in total. The summed E-state index contributed by atoms with van der Waals surface area (Å²) in [5.41, 5.74) is 2.56. The van der Waals surface area contributed by atoms with Crippen LogP contribution in [0.4, 0.5) is 0 Å². The summed E-state index contributed by atoms with van der Waals surface area (Å²) in [7, 11) is 0. The Hall–Kier alpha value is -1.81. The van der Waals surface area contributed by atoms with Crippen LogP contribution < -0.4 is 4.74 Å². The zero-order chi connectivity index (χ0) is 17.8. The zero-order valence-corrected chi connectivity index (χ0v) is 16.0. The number of hydrogen-bond donors (Lipinski definition) is 0. The average molecular weight is 341 g/mol. The fourth-order valence-electron chi connectivity index (χ4n) is 4.01. The normalized spacial score (nSPS) is 18.2. The topological polar surface area (TPSA) is 30.3 Å². The zero-order valence-electron chi connectivity index (χ0n) is 16.0. The second kappa shape index (κ2) is 8.05. The second-order valence-electron chi connectivity index (χ2n) is 7.41. The van der Waals surface area contributed by atoms with Gasteiger partial charge in [-0.25, -0.2) is 4.98 Å². The Bertz CT molecular complexity index is 692. The van der Waals surface area contributed by atoms with Gasteiger partial charge in [-0.1, -0.05) is 18.2 Å². The standard InChI is InChI=1S/C21H31N3O/c1-5-25-20-9-7-6-8-19(20)15-23-11-10-18(14-23)12-21-22-13-17(4)24(21)16(2)3/h6-9,13,16,18H,5,10-12,14-15H2,1-4H3. The molecule has 3 rings (SSSR count). The third kappa shape index (κ3) is 4.24. The van der Waals surface area contributed by atoms with E-state index in [1.807, 2.05) is 13.1 Å². The predicted octanol–water partition coefficient (Wildman–Crippen LogP) is 4.24. The van der Waals surface area contributed by atoms with Crippen molar-refractivity contribution in [3.05, 3.63) is 47.5 Å². The van der Waals surface area contributed by atoms with Crippen LogP contribution in [0.15, 0.2) is 30.5 Å². The SMILES string of the molecule is CCOc1ccccc1CN1CCC(Cc2ncc(C)n2C(C)C)C1. The molecule has 1 unspecified atom stereocenters. The molecule has 2 aromatic rings. The number of hydrogen-bond acceptors (Lipinski definition) is 3. The molecule has 0 spiro atoms. The van der Waals surface area contributed by atoms with Crippen LogP contribution in [0.25, 0.3) is 0 Å². The van der Waals surface area contributed by atoms with Crippen molar-refractivity contribution in [2.24, 2.45) is 5.92 Å². The third-order valence-electron chi connectivity index (χ3n) is 5.08. The van der Waals surface area contributed by atoms with Gasteiger partial charge in [-0.2, -0.15) is 0 Å². The van der Waals surface area contributed by atoms with E-state index >= 15 is 0 Å². The summed E-state index contributed by atoms with van der Waals surface area (Å²) in [6, 6.07) is 8.90. The van der Waals surface area contributed by atoms with Crippen molar-refractivity contribution >= 4 is 0 Å². The van der Waals surface area contributed by atoms with Gasteiger partial charge in [0.15, 0.2) is 0 Å². The first-order valence-corrected chi connectivity index (χ1v) is 9.54. The largest absolute Gasteiger partial charge is 0.494 e. The number of aromatic nitrogens is 2. The van der Waals surface area contributed by atoms with E-state index in [1.54, 1.807) is 0 Å². The van der Waals surface area contributed by atoms with Crippen LogP contribution in [0.3, 0.4) is 0 Å². The van der Waals surface area contributed by atoms with Crippen molar-refractivity contribution in [2.45, 2.75) is 53.1 Å². The fraction of sp³-hybridized carbons (Fsp3) is 0.571. The molecule has 0 radical (unpaired) electrons. The predicted molar refractivity (Wildman–Crippen MR) is 102 cm³/mol. The first-order valence-electron chi connectivity index (χ1n) is 9.54. The molecule has 0 aliphatic carbocycles. The van der Waals surface area contributed by atoms with Crippen LogP contribution >= 0.6 is 0 Å². The summed E-state index contributed by atoms with van der Waals surface area (Å²) in [4.78, 5) is 7.23. The van der Waals surface area contributed by atoms with Crippen LogP contribution in [0.1, 0.15) is 50.3 Å². The lowest BCUT2D eigenvalue weighted by atomic mass is 10.0. The molecular weight excluding hydrogens is 310 g/mol. The number of likely N-dealkylation sites (tertiary alicyclic amines) is 1. The smallest absolute Gasteiger partial charge is 0.123 e. The lowest BCUT2D eigenvalue weighted by Crippen LogP contribution is -2.21. The Balaban J connectivity index is 1.61. The fourth-order valence-corrected chi connectivity index (χ4v) is 4.01. The molecule has 1 aliphatic rings. The first kappa shape index (κ1) is 18.0. The highest BCUT2D eigenvalue weighted by atomic mass is 16.5. The van der Waals surface area contributed by atoms with Gasteiger partial charge in [-0.15, -0.1) is 0 Å². The molecule has 4 nitrogen and oxygen atoms in total. The molecule has 0 amide bonds. The Morgan fingerprint density at radius 1 is 1.28 bits per heavy atom. The third-order valence-corrected chi connectivity index (χ3v) is 5.08. The lowest BCUT2D eigenvalue weighted by Gasteiger charge is -2.19. The Labute approximate surface area is 151 Å². The summed E-state index contributed by atoms with van der Waals surface area (Å²) in [6.07, 6.45) is 4.34. The van der Waals surface area contributed by atoms with E-state index in [4.69, 9.17) is 4.74 Å². The molecular formula is C21H31N3O. The van der Waals surface area contributed by atoms with Crippen LogP contribution in [0.5, 0.6) is 5.75 Å². The van der Waals surface area contributed by atoms with E-state index in [2.05, 4.69) is 59.5 Å². The van der Waals surface area contributed by atoms with Crippen molar-refractivity contribution in [1.82, 2.24) is 14.5 Å². The van der Waals surface area contributed by atoms with Crippen LogP contribution in [0.2, 0.25) is 0 Å². The maximum atomic E-state index is 5.77. The Morgan fingerprint density at radius 3 is 2.84 bits per heavy atom. The first-order chi connectivity index (χ1) is 12.1. The summed E-state index contributed by atoms with van der Waals surface area (Å²) >= 11 is 0. The van der Waals surface area contributed by atoms with E-state index in [0.29, 0.717) is 12.0 Å². The van der Waals surface area contributed by atoms with Crippen molar-refractivity contribution in [1.29, 1.82) is 0 Å². The van der Waals surface area contributed by atoms with Gasteiger partial charge in [0.25, 0.3) is 0 Å². The number of benzene rings is 1. The molecule has 2 heterocycles. The van der Waals surface area contributed by atoms with Crippen molar-refractivity contribution in [2.75, 3.05) is 19.7 Å². The number of rotatable bonds is 7. The molecule has 0 saturated carbocycles. The number of imidazole rings is 1. The summed E-state index contributed by atoms with van der Waals surface area (Å²) in [5.74, 6) is 2.96. The van der Waals surface area contributed by atoms with E-state index in [9.17, 15) is 0 Å². The molecule has 1 aromatic heterocycles. The van der Waals surface area contributed by atoms with Crippen LogP contribution in [-0.2, 0) is 13.0 Å². The summed E-state index contributed by atoms with van der Waals surface area (Å²) in [5, 5.41) is 0. The van der Waals surface area contributed by atoms with Gasteiger partial charge in [0.05, 0.1) is 6.61 Å². The van der Waals surface area contributed by atoms with Gasteiger partial charge in [0.2, 0.25) is 0 Å². The highest BCUT2D eigenvalue weighted by molar-refractivity contribution is 5.33. The Morgan fingerprint density at radius 2 is 2.08 bits per heavy atom. The lowest BCUT2D eigenvalue weighted by molar-refractivity contribution is 0.296. The maximum Gasteiger partial charge on any atom is 0.123 e. The maximum absolute atomic E-state index is 5.77. The molecule has 1 atom stereocenters. The monoisotopic (exact) mass is 341 g/mol. The second-order valence-corrected chi connectivity index (χ2v) is 7.41. The van der Waals surface area contributed by atoms with Gasteiger partial charge >= 0.3 is 0 Å². The minimum absolute atomic E-state index is 0.480. The molecule has 0 bridgehead atoms. The van der Waals surface area contributed by atoms with Gasteiger partial charge in [-0.05, 0) is 52.6 Å². The van der Waals surface area contributed by atoms with Crippen LogP contribution in [0, 0.1) is 12.8 Å². The number of para-hydroxylation sites is 1. The molecule has 4 heteroatoms. The molecule has 1 aromatic carbocycles. The number of nitrogens with zero attached hydrogens (tertiary/aromatic N) is 3. The Kier molecular flexibility index (Phi) is 5.79. The van der Waals surface area contributed by atoms with E-state index < -0.39 is 0 Å². The van der Waals surface area contributed by atoms with Gasteiger partial charge in [-0.3, -0.25) is 4.90 Å². The minimum atomic E-state index is 0.480. The highest BCUT2D eigenvalue weighted by Gasteiger charge is 2.25. The van der Waals surface area contributed by atoms with Gasteiger partial charge in [0, 0.05) is 43.0 Å². The molecule has 1 fully saturated rings. The van der Waals surface area contributed by atoms with E-state index in [1.165, 1.54) is 23.5 Å². The van der Waals surface area contributed by atoms with Gasteiger partial charge in [0.1, 0.15) is 11.6 Å². The van der Waals surface area contributed by atoms with Crippen LogP contribution in [-0.4, -0.2) is 34.1 Å². The molecule has 1 aliphatic heterocycles. The quantitative estimate of drug-likeness (QED) is 0.755. The van der Waals surface area contributed by atoms with Crippen molar-refractivity contribution in [3.63, 3.8) is 0 Å². The number of ether oxygens (including phenoxy) is 1. The van der Waals surface area contributed by atoms with Crippen molar-refractivity contribution in [3.8, 4) is 5.75 Å². The minimum Gasteiger partial charge on any atom is -0.494 e. The van der Waals surface area contributed by atoms with Gasteiger partial charge < -0.3 is 9.30 Å².